The molecule has 3 aromatic carbocycles. The van der Waals surface area contributed by atoms with Crippen molar-refractivity contribution in [1.82, 2.24) is 5.43 Å². The highest BCUT2D eigenvalue weighted by Crippen LogP contribution is 2.34. The van der Waals surface area contributed by atoms with Crippen LogP contribution in [0.1, 0.15) is 16.7 Å². The fraction of sp³-hybridized carbons (Fsp3) is 0.130. The number of carbonyl (C=O) groups is 1. The number of halogens is 3. The van der Waals surface area contributed by atoms with Gasteiger partial charge in [-0.25, -0.2) is 10.2 Å². The number of methoxy groups -OCH3 is 1. The maximum absolute atomic E-state index is 12.1. The summed E-state index contributed by atoms with van der Waals surface area (Å²) < 4.78 is 12.3. The van der Waals surface area contributed by atoms with Gasteiger partial charge < -0.3 is 14.8 Å². The minimum Gasteiger partial charge on any atom is -0.493 e. The molecule has 32 heavy (non-hydrogen) atoms. The minimum atomic E-state index is -0.433. The van der Waals surface area contributed by atoms with E-state index in [1.54, 1.807) is 25.3 Å². The molecule has 0 radical (unpaired) electrons. The van der Waals surface area contributed by atoms with E-state index in [1.165, 1.54) is 6.21 Å². The van der Waals surface area contributed by atoms with Crippen molar-refractivity contribution in [3.8, 4) is 11.5 Å². The Morgan fingerprint density at radius 2 is 1.94 bits per heavy atom. The summed E-state index contributed by atoms with van der Waals surface area (Å²) >= 11 is 14.3. The second kappa shape index (κ2) is 11.4. The molecule has 2 N–H and O–H groups in total. The van der Waals surface area contributed by atoms with Crippen molar-refractivity contribution in [2.45, 2.75) is 13.5 Å². The Balaban J connectivity index is 1.66. The maximum Gasteiger partial charge on any atom is 0.339 e. The first-order chi connectivity index (χ1) is 15.4. The maximum atomic E-state index is 12.1. The van der Waals surface area contributed by atoms with E-state index in [2.05, 4.69) is 38.4 Å². The number of carbonyl (C=O) groups excluding carboxylic acids is 1. The Hall–Kier alpha value is -2.49. The zero-order valence-electron chi connectivity index (χ0n) is 17.3. The van der Waals surface area contributed by atoms with Gasteiger partial charge in [0.15, 0.2) is 11.5 Å². The lowest BCUT2D eigenvalue weighted by molar-refractivity contribution is 0.252. The highest BCUT2D eigenvalue weighted by Gasteiger charge is 2.13. The summed E-state index contributed by atoms with van der Waals surface area (Å²) in [5.41, 5.74) is 5.68. The molecular weight excluding hydrogens is 564 g/mol. The molecule has 2 amide bonds. The van der Waals surface area contributed by atoms with Gasteiger partial charge in [0.25, 0.3) is 0 Å². The standard InChI is InChI=1S/C23H20Cl2IN3O3/c1-14-5-3-4-6-20(14)28-23(30)29-27-12-15-9-19(26)22(21(10-15)31-2)32-13-16-7-8-17(24)11-18(16)25/h3-12H,13H2,1-2H3,(H2,28,29,30). The molecule has 9 heteroatoms. The molecule has 0 fully saturated rings. The third-order valence-electron chi connectivity index (χ3n) is 4.41. The van der Waals surface area contributed by atoms with Crippen LogP contribution in [-0.4, -0.2) is 19.4 Å². The molecule has 0 spiro atoms. The number of anilines is 1. The topological polar surface area (TPSA) is 72.0 Å². The number of hydrogen-bond acceptors (Lipinski definition) is 4. The Kier molecular flexibility index (Phi) is 8.60. The largest absolute Gasteiger partial charge is 0.493 e. The van der Waals surface area contributed by atoms with E-state index >= 15 is 0 Å². The van der Waals surface area contributed by atoms with Crippen LogP contribution in [0.3, 0.4) is 0 Å². The van der Waals surface area contributed by atoms with Gasteiger partial charge in [0, 0.05) is 21.3 Å². The molecule has 0 atom stereocenters. The smallest absolute Gasteiger partial charge is 0.339 e. The van der Waals surface area contributed by atoms with Gasteiger partial charge in [-0.1, -0.05) is 47.5 Å². The lowest BCUT2D eigenvalue weighted by Crippen LogP contribution is -2.24. The van der Waals surface area contributed by atoms with Gasteiger partial charge in [-0.05, 0) is 71.0 Å². The highest BCUT2D eigenvalue weighted by atomic mass is 127. The molecule has 0 aliphatic carbocycles. The first kappa shape index (κ1) is 24.2. The number of hydrazone groups is 1. The van der Waals surface area contributed by atoms with E-state index in [0.29, 0.717) is 21.5 Å². The number of nitrogens with one attached hydrogen (secondary N) is 2. The minimum absolute atomic E-state index is 0.260. The van der Waals surface area contributed by atoms with Crippen LogP contribution in [0, 0.1) is 10.5 Å². The van der Waals surface area contributed by atoms with Crippen LogP contribution in [-0.2, 0) is 6.61 Å². The lowest BCUT2D eigenvalue weighted by Gasteiger charge is -2.14. The molecular formula is C23H20Cl2IN3O3. The number of amides is 2. The highest BCUT2D eigenvalue weighted by molar-refractivity contribution is 14.1. The van der Waals surface area contributed by atoms with Crippen molar-refractivity contribution < 1.29 is 14.3 Å². The fourth-order valence-corrected chi connectivity index (χ4v) is 4.02. The summed E-state index contributed by atoms with van der Waals surface area (Å²) in [5.74, 6) is 1.12. The molecule has 0 aliphatic heterocycles. The molecule has 166 valence electrons. The summed E-state index contributed by atoms with van der Waals surface area (Å²) in [6, 6.07) is 15.9. The first-order valence-electron chi connectivity index (χ1n) is 9.47. The van der Waals surface area contributed by atoms with Gasteiger partial charge in [0.05, 0.1) is 16.9 Å². The number of nitrogens with zero attached hydrogens (tertiary/aromatic N) is 1. The van der Waals surface area contributed by atoms with E-state index in [9.17, 15) is 4.79 Å². The molecule has 0 aromatic heterocycles. The van der Waals surface area contributed by atoms with Gasteiger partial charge in [-0.2, -0.15) is 5.10 Å². The zero-order chi connectivity index (χ0) is 23.1. The van der Waals surface area contributed by atoms with E-state index < -0.39 is 6.03 Å². The van der Waals surface area contributed by atoms with E-state index in [4.69, 9.17) is 32.7 Å². The molecule has 0 aliphatic rings. The van der Waals surface area contributed by atoms with Gasteiger partial charge >= 0.3 is 6.03 Å². The summed E-state index contributed by atoms with van der Waals surface area (Å²) in [5, 5.41) is 7.86. The average molecular weight is 584 g/mol. The SMILES string of the molecule is COc1cc(C=NNC(=O)Nc2ccccc2C)cc(I)c1OCc1ccc(Cl)cc1Cl. The van der Waals surface area contributed by atoms with Crippen molar-refractivity contribution in [1.29, 1.82) is 0 Å². The normalized spacial score (nSPS) is 10.8. The Bertz CT molecular complexity index is 1160. The summed E-state index contributed by atoms with van der Waals surface area (Å²) in [6.45, 7) is 2.17. The van der Waals surface area contributed by atoms with Crippen molar-refractivity contribution >= 4 is 63.7 Å². The molecule has 3 rings (SSSR count). The monoisotopic (exact) mass is 583 g/mol. The Labute approximate surface area is 210 Å². The molecule has 0 unspecified atom stereocenters. The molecule has 0 bridgehead atoms. The van der Waals surface area contributed by atoms with Gasteiger partial charge in [0.2, 0.25) is 0 Å². The van der Waals surface area contributed by atoms with E-state index in [0.717, 1.165) is 25.9 Å². The molecule has 3 aromatic rings. The van der Waals surface area contributed by atoms with Crippen LogP contribution >= 0.6 is 45.8 Å². The van der Waals surface area contributed by atoms with Crippen LogP contribution in [0.15, 0.2) is 59.7 Å². The van der Waals surface area contributed by atoms with Crippen molar-refractivity contribution in [3.05, 3.63) is 84.9 Å². The first-order valence-corrected chi connectivity index (χ1v) is 11.3. The van der Waals surface area contributed by atoms with Gasteiger partial charge in [0.1, 0.15) is 6.61 Å². The number of aryl methyl sites for hydroxylation is 1. The van der Waals surface area contributed by atoms with E-state index in [1.807, 2.05) is 43.3 Å². The van der Waals surface area contributed by atoms with Crippen molar-refractivity contribution in [2.75, 3.05) is 12.4 Å². The second-order valence-electron chi connectivity index (χ2n) is 6.70. The molecule has 0 heterocycles. The fourth-order valence-electron chi connectivity index (χ4n) is 2.77. The average Bonchev–Trinajstić information content (AvgIpc) is 2.75. The zero-order valence-corrected chi connectivity index (χ0v) is 21.0. The lowest BCUT2D eigenvalue weighted by atomic mass is 10.2. The number of para-hydroxylation sites is 1. The third-order valence-corrected chi connectivity index (χ3v) is 5.80. The molecule has 0 saturated carbocycles. The predicted molar refractivity (Wildman–Crippen MR) is 137 cm³/mol. The van der Waals surface area contributed by atoms with Crippen LogP contribution in [0.25, 0.3) is 0 Å². The summed E-state index contributed by atoms with van der Waals surface area (Å²) in [6.07, 6.45) is 1.53. The van der Waals surface area contributed by atoms with Gasteiger partial charge in [-0.3, -0.25) is 0 Å². The van der Waals surface area contributed by atoms with Gasteiger partial charge in [-0.15, -0.1) is 0 Å². The Morgan fingerprint density at radius 3 is 2.66 bits per heavy atom. The number of ether oxygens (including phenoxy) is 2. The van der Waals surface area contributed by atoms with Crippen LogP contribution in [0.4, 0.5) is 10.5 Å². The Morgan fingerprint density at radius 1 is 1.16 bits per heavy atom. The van der Waals surface area contributed by atoms with Crippen molar-refractivity contribution in [3.63, 3.8) is 0 Å². The predicted octanol–water partition coefficient (Wildman–Crippen LogP) is 6.65. The van der Waals surface area contributed by atoms with Crippen LogP contribution in [0.5, 0.6) is 11.5 Å². The third kappa shape index (κ3) is 6.51. The number of rotatable bonds is 7. The summed E-state index contributed by atoms with van der Waals surface area (Å²) in [4.78, 5) is 12.1. The molecule has 6 nitrogen and oxygen atoms in total. The van der Waals surface area contributed by atoms with Crippen molar-refractivity contribution in [2.24, 2.45) is 5.10 Å². The second-order valence-corrected chi connectivity index (χ2v) is 8.70. The summed E-state index contributed by atoms with van der Waals surface area (Å²) in [7, 11) is 1.56. The number of hydrogen-bond donors (Lipinski definition) is 2. The van der Waals surface area contributed by atoms with Crippen LogP contribution < -0.4 is 20.2 Å². The number of benzene rings is 3. The van der Waals surface area contributed by atoms with E-state index in [-0.39, 0.29) is 6.61 Å². The quantitative estimate of drug-likeness (QED) is 0.186. The number of urea groups is 1. The van der Waals surface area contributed by atoms with Crippen LogP contribution in [0.2, 0.25) is 10.0 Å². The molecule has 0 saturated heterocycles.